The predicted octanol–water partition coefficient (Wildman–Crippen LogP) is 3.39. The van der Waals surface area contributed by atoms with Crippen molar-refractivity contribution in [2.75, 3.05) is 29.4 Å². The number of amides is 3. The largest absolute Gasteiger partial charge is 0.329 e. The van der Waals surface area contributed by atoms with Crippen molar-refractivity contribution in [3.05, 3.63) is 58.6 Å². The molecule has 5 nitrogen and oxygen atoms in total. The fourth-order valence-electron chi connectivity index (χ4n) is 3.70. The summed E-state index contributed by atoms with van der Waals surface area (Å²) < 4.78 is 0. The highest BCUT2D eigenvalue weighted by Crippen LogP contribution is 2.31. The summed E-state index contributed by atoms with van der Waals surface area (Å²) in [5.41, 5.74) is 4.06. The van der Waals surface area contributed by atoms with E-state index in [9.17, 15) is 9.59 Å². The lowest BCUT2D eigenvalue weighted by atomic mass is 10.0. The molecule has 2 aromatic rings. The summed E-state index contributed by atoms with van der Waals surface area (Å²) in [6.07, 6.45) is 2.72. The topological polar surface area (TPSA) is 52.7 Å². The van der Waals surface area contributed by atoms with E-state index in [1.807, 2.05) is 30.3 Å². The van der Waals surface area contributed by atoms with Crippen LogP contribution < -0.4 is 15.1 Å². The second kappa shape index (κ2) is 7.00. The number of nitrogens with zero attached hydrogens (tertiary/aromatic N) is 2. The number of rotatable bonds is 2. The molecule has 0 aliphatic carbocycles. The van der Waals surface area contributed by atoms with E-state index in [1.54, 1.807) is 15.9 Å². The first-order chi connectivity index (χ1) is 12.6. The molecule has 0 atom stereocenters. The molecule has 0 radical (unpaired) electrons. The Bertz CT molecular complexity index is 868. The Kier molecular flexibility index (Phi) is 4.55. The van der Waals surface area contributed by atoms with E-state index in [0.717, 1.165) is 36.2 Å². The van der Waals surface area contributed by atoms with Crippen molar-refractivity contribution in [3.8, 4) is 0 Å². The summed E-state index contributed by atoms with van der Waals surface area (Å²) in [6.45, 7) is 1.27. The van der Waals surface area contributed by atoms with Gasteiger partial charge in [-0.2, -0.15) is 0 Å². The van der Waals surface area contributed by atoms with Crippen LogP contribution in [0.25, 0.3) is 0 Å². The highest BCUT2D eigenvalue weighted by molar-refractivity contribution is 6.31. The highest BCUT2D eigenvalue weighted by Gasteiger charge is 2.27. The second-order valence-electron chi connectivity index (χ2n) is 6.61. The maximum Gasteiger partial charge on any atom is 0.322 e. The van der Waals surface area contributed by atoms with Crippen LogP contribution in [-0.4, -0.2) is 31.6 Å². The molecule has 0 unspecified atom stereocenters. The van der Waals surface area contributed by atoms with Gasteiger partial charge < -0.3 is 10.2 Å². The van der Waals surface area contributed by atoms with E-state index >= 15 is 0 Å². The summed E-state index contributed by atoms with van der Waals surface area (Å²) >= 11 is 6.05. The van der Waals surface area contributed by atoms with Crippen molar-refractivity contribution in [1.29, 1.82) is 0 Å². The summed E-state index contributed by atoms with van der Waals surface area (Å²) in [4.78, 5) is 28.6. The van der Waals surface area contributed by atoms with E-state index in [1.165, 1.54) is 5.56 Å². The molecule has 2 heterocycles. The molecule has 134 valence electrons. The zero-order valence-corrected chi connectivity index (χ0v) is 15.1. The van der Waals surface area contributed by atoms with Crippen LogP contribution in [0.1, 0.15) is 17.5 Å². The minimum absolute atomic E-state index is 0.0143. The van der Waals surface area contributed by atoms with E-state index in [-0.39, 0.29) is 18.5 Å². The molecule has 0 saturated heterocycles. The molecule has 26 heavy (non-hydrogen) atoms. The third-order valence-corrected chi connectivity index (χ3v) is 5.23. The number of hydrogen-bond donors (Lipinski definition) is 1. The lowest BCUT2D eigenvalue weighted by molar-refractivity contribution is -0.117. The van der Waals surface area contributed by atoms with Crippen LogP contribution in [0.2, 0.25) is 5.02 Å². The summed E-state index contributed by atoms with van der Waals surface area (Å²) in [7, 11) is 0. The van der Waals surface area contributed by atoms with Gasteiger partial charge in [0.2, 0.25) is 5.91 Å². The molecule has 2 aliphatic heterocycles. The van der Waals surface area contributed by atoms with Gasteiger partial charge in [0, 0.05) is 23.8 Å². The Hall–Kier alpha value is -2.53. The van der Waals surface area contributed by atoms with Crippen molar-refractivity contribution < 1.29 is 9.59 Å². The van der Waals surface area contributed by atoms with Gasteiger partial charge in [0.05, 0.1) is 12.2 Å². The minimum Gasteiger partial charge on any atom is -0.329 e. The number of halogens is 1. The highest BCUT2D eigenvalue weighted by atomic mass is 35.5. The van der Waals surface area contributed by atoms with Crippen LogP contribution in [0.4, 0.5) is 16.2 Å². The van der Waals surface area contributed by atoms with Gasteiger partial charge in [-0.3, -0.25) is 9.69 Å². The third kappa shape index (κ3) is 3.15. The molecule has 0 saturated carbocycles. The number of para-hydroxylation sites is 1. The first-order valence-electron chi connectivity index (χ1n) is 8.85. The van der Waals surface area contributed by atoms with Crippen LogP contribution in [0.5, 0.6) is 0 Å². The number of hydrogen-bond acceptors (Lipinski definition) is 2. The molecule has 0 bridgehead atoms. The molecule has 0 fully saturated rings. The molecular weight excluding hydrogens is 350 g/mol. The number of fused-ring (bicyclic) bond motifs is 2. The van der Waals surface area contributed by atoms with Crippen LogP contribution in [0, 0.1) is 0 Å². The number of nitrogens with one attached hydrogen (secondary N) is 1. The smallest absolute Gasteiger partial charge is 0.322 e. The predicted molar refractivity (Wildman–Crippen MR) is 103 cm³/mol. The molecule has 0 spiro atoms. The number of anilines is 2. The van der Waals surface area contributed by atoms with Crippen molar-refractivity contribution in [3.63, 3.8) is 0 Å². The molecular formula is C20H20ClN3O2. The van der Waals surface area contributed by atoms with Gasteiger partial charge in [-0.1, -0.05) is 35.9 Å². The summed E-state index contributed by atoms with van der Waals surface area (Å²) in [6, 6.07) is 13.3. The number of carbonyl (C=O) groups excluding carboxylic acids is 2. The molecule has 2 aliphatic rings. The van der Waals surface area contributed by atoms with Crippen molar-refractivity contribution in [1.82, 2.24) is 5.32 Å². The van der Waals surface area contributed by atoms with Crippen LogP contribution in [-0.2, 0) is 17.6 Å². The summed E-state index contributed by atoms with van der Waals surface area (Å²) in [5, 5.41) is 3.37. The van der Waals surface area contributed by atoms with Crippen molar-refractivity contribution in [2.45, 2.75) is 19.3 Å². The quantitative estimate of drug-likeness (QED) is 0.882. The first kappa shape index (κ1) is 16.9. The first-order valence-corrected chi connectivity index (χ1v) is 9.23. The van der Waals surface area contributed by atoms with Gasteiger partial charge in [-0.25, -0.2) is 4.79 Å². The Morgan fingerprint density at radius 1 is 0.962 bits per heavy atom. The van der Waals surface area contributed by atoms with Crippen LogP contribution >= 0.6 is 11.6 Å². The maximum absolute atomic E-state index is 12.7. The standard InChI is InChI=1S/C20H20ClN3O2/c21-16-8-7-15-9-11-24(18(15)12-16)20(26)22-13-19(25)23-10-3-5-14-4-1-2-6-17(14)23/h1-2,4,6-8,12H,3,5,9-11,13H2,(H,22,26). The van der Waals surface area contributed by atoms with Gasteiger partial charge in [-0.15, -0.1) is 0 Å². The van der Waals surface area contributed by atoms with E-state index in [0.29, 0.717) is 18.1 Å². The Labute approximate surface area is 157 Å². The van der Waals surface area contributed by atoms with Gasteiger partial charge in [0.15, 0.2) is 0 Å². The maximum atomic E-state index is 12.7. The zero-order chi connectivity index (χ0) is 18.1. The Balaban J connectivity index is 1.42. The summed E-state index contributed by atoms with van der Waals surface area (Å²) in [5.74, 6) is -0.0870. The lowest BCUT2D eigenvalue weighted by Gasteiger charge is -2.29. The van der Waals surface area contributed by atoms with Gasteiger partial charge >= 0.3 is 6.03 Å². The van der Waals surface area contributed by atoms with E-state index in [4.69, 9.17) is 11.6 Å². The van der Waals surface area contributed by atoms with Crippen molar-refractivity contribution >= 4 is 34.9 Å². The molecule has 1 N–H and O–H groups in total. The van der Waals surface area contributed by atoms with Crippen molar-refractivity contribution in [2.24, 2.45) is 0 Å². The molecule has 6 heteroatoms. The monoisotopic (exact) mass is 369 g/mol. The number of aryl methyl sites for hydroxylation is 1. The average Bonchev–Trinajstić information content (AvgIpc) is 3.08. The average molecular weight is 370 g/mol. The van der Waals surface area contributed by atoms with E-state index in [2.05, 4.69) is 11.4 Å². The lowest BCUT2D eigenvalue weighted by Crippen LogP contribution is -2.46. The second-order valence-corrected chi connectivity index (χ2v) is 7.05. The normalized spacial score (nSPS) is 15.4. The number of urea groups is 1. The van der Waals surface area contributed by atoms with Crippen LogP contribution in [0.15, 0.2) is 42.5 Å². The number of carbonyl (C=O) groups is 2. The fourth-order valence-corrected chi connectivity index (χ4v) is 3.86. The SMILES string of the molecule is O=C(CNC(=O)N1CCc2ccc(Cl)cc21)N1CCCc2ccccc21. The number of benzene rings is 2. The van der Waals surface area contributed by atoms with E-state index < -0.39 is 0 Å². The van der Waals surface area contributed by atoms with Gasteiger partial charge in [0.1, 0.15) is 0 Å². The molecule has 4 rings (SSSR count). The van der Waals surface area contributed by atoms with Crippen LogP contribution in [0.3, 0.4) is 0 Å². The zero-order valence-electron chi connectivity index (χ0n) is 14.4. The van der Waals surface area contributed by atoms with Gasteiger partial charge in [-0.05, 0) is 48.6 Å². The Morgan fingerprint density at radius 3 is 2.65 bits per heavy atom. The Morgan fingerprint density at radius 2 is 1.77 bits per heavy atom. The third-order valence-electron chi connectivity index (χ3n) is 4.99. The molecule has 3 amide bonds. The molecule has 0 aromatic heterocycles. The fraction of sp³-hybridized carbons (Fsp3) is 0.300. The van der Waals surface area contributed by atoms with Gasteiger partial charge in [0.25, 0.3) is 0 Å². The minimum atomic E-state index is -0.260. The molecule has 2 aromatic carbocycles.